The predicted molar refractivity (Wildman–Crippen MR) is 38.0 cm³/mol. The molecule has 1 fully saturated rings. The van der Waals surface area contributed by atoms with Crippen LogP contribution in [0.1, 0.15) is 27.7 Å². The number of nitrogens with zero attached hydrogens (tertiary/aromatic N) is 1. The molecule has 1 heteroatoms. The lowest BCUT2D eigenvalue weighted by Crippen LogP contribution is -1.95. The Bertz CT molecular complexity index is 157. The molecule has 0 aromatic carbocycles. The Hall–Kier alpha value is -0.510. The first-order valence-electron chi connectivity index (χ1n) is 3.31. The van der Waals surface area contributed by atoms with E-state index in [1.54, 1.807) is 0 Å². The van der Waals surface area contributed by atoms with Gasteiger partial charge in [0.2, 0.25) is 6.04 Å². The van der Waals surface area contributed by atoms with Crippen LogP contribution in [0, 0.1) is 17.4 Å². The molecule has 0 aromatic rings. The summed E-state index contributed by atoms with van der Waals surface area (Å²) in [6, 6.07) is 0.255. The smallest absolute Gasteiger partial charge is 0.235 e. The van der Waals surface area contributed by atoms with Gasteiger partial charge in [-0.15, -0.1) is 0 Å². The normalized spacial score (nSPS) is 29.2. The van der Waals surface area contributed by atoms with Crippen molar-refractivity contribution >= 4 is 0 Å². The van der Waals surface area contributed by atoms with Gasteiger partial charge in [-0.25, -0.2) is 6.57 Å². The van der Waals surface area contributed by atoms with Crippen LogP contribution in [0.15, 0.2) is 0 Å². The maximum absolute atomic E-state index is 6.86. The Balaban J connectivity index is 2.81. The molecule has 1 aliphatic carbocycles. The van der Waals surface area contributed by atoms with Gasteiger partial charge in [-0.2, -0.15) is 0 Å². The zero-order valence-corrected chi connectivity index (χ0v) is 6.52. The van der Waals surface area contributed by atoms with Crippen molar-refractivity contribution in [3.63, 3.8) is 0 Å². The van der Waals surface area contributed by atoms with E-state index in [1.165, 1.54) is 0 Å². The lowest BCUT2D eigenvalue weighted by atomic mass is 10.0. The minimum absolute atomic E-state index is 0.255. The van der Waals surface area contributed by atoms with E-state index in [9.17, 15) is 0 Å². The van der Waals surface area contributed by atoms with Gasteiger partial charge in [0.05, 0.1) is 10.8 Å². The fourth-order valence-corrected chi connectivity index (χ4v) is 1.48. The van der Waals surface area contributed by atoms with Crippen LogP contribution in [-0.4, -0.2) is 6.04 Å². The topological polar surface area (TPSA) is 4.36 Å². The average molecular weight is 123 g/mol. The lowest BCUT2D eigenvalue weighted by Gasteiger charge is -1.98. The van der Waals surface area contributed by atoms with Crippen molar-refractivity contribution in [3.8, 4) is 0 Å². The molecule has 0 heterocycles. The van der Waals surface area contributed by atoms with E-state index in [-0.39, 0.29) is 16.9 Å². The molecule has 50 valence electrons. The Kier molecular flexibility index (Phi) is 0.965. The quantitative estimate of drug-likeness (QED) is 0.435. The third-order valence-electron chi connectivity index (χ3n) is 3.07. The summed E-state index contributed by atoms with van der Waals surface area (Å²) in [7, 11) is 0. The summed E-state index contributed by atoms with van der Waals surface area (Å²) < 4.78 is 0. The molecular formula is C8H13N. The van der Waals surface area contributed by atoms with Crippen molar-refractivity contribution in [1.82, 2.24) is 0 Å². The molecule has 0 amide bonds. The van der Waals surface area contributed by atoms with E-state index in [1.807, 2.05) is 0 Å². The summed E-state index contributed by atoms with van der Waals surface area (Å²) in [5.74, 6) is 0. The molecule has 1 rings (SSSR count). The first kappa shape index (κ1) is 6.61. The fourth-order valence-electron chi connectivity index (χ4n) is 1.48. The molecule has 0 radical (unpaired) electrons. The van der Waals surface area contributed by atoms with Gasteiger partial charge in [0.15, 0.2) is 0 Å². The van der Waals surface area contributed by atoms with Crippen LogP contribution in [0.5, 0.6) is 0 Å². The minimum atomic E-state index is 0.255. The molecule has 9 heavy (non-hydrogen) atoms. The highest BCUT2D eigenvalue weighted by Gasteiger charge is 2.72. The van der Waals surface area contributed by atoms with E-state index in [4.69, 9.17) is 6.57 Å². The van der Waals surface area contributed by atoms with Crippen molar-refractivity contribution in [2.45, 2.75) is 33.7 Å². The Morgan fingerprint density at radius 3 is 1.44 bits per heavy atom. The van der Waals surface area contributed by atoms with E-state index in [0.29, 0.717) is 0 Å². The summed E-state index contributed by atoms with van der Waals surface area (Å²) in [5, 5.41) is 0. The maximum atomic E-state index is 6.86. The van der Waals surface area contributed by atoms with Gasteiger partial charge < -0.3 is 4.85 Å². The highest BCUT2D eigenvalue weighted by molar-refractivity contribution is 5.22. The molecule has 0 bridgehead atoms. The van der Waals surface area contributed by atoms with Gasteiger partial charge in [0, 0.05) is 0 Å². The molecular weight excluding hydrogens is 110 g/mol. The summed E-state index contributed by atoms with van der Waals surface area (Å²) in [6.07, 6.45) is 0. The van der Waals surface area contributed by atoms with E-state index in [0.717, 1.165) is 0 Å². The molecule has 1 saturated carbocycles. The van der Waals surface area contributed by atoms with Crippen molar-refractivity contribution in [2.24, 2.45) is 10.8 Å². The van der Waals surface area contributed by atoms with Crippen molar-refractivity contribution in [1.29, 1.82) is 0 Å². The number of hydrogen-bond acceptors (Lipinski definition) is 0. The van der Waals surface area contributed by atoms with Crippen LogP contribution in [0.2, 0.25) is 0 Å². The third-order valence-corrected chi connectivity index (χ3v) is 3.07. The standard InChI is InChI=1S/C8H13N/c1-7(2)6(9-5)8(7,3)4/h6H,1-4H3. The van der Waals surface area contributed by atoms with E-state index >= 15 is 0 Å². The van der Waals surface area contributed by atoms with Gasteiger partial charge >= 0.3 is 0 Å². The molecule has 0 aliphatic heterocycles. The second-order valence-corrected chi connectivity index (χ2v) is 3.98. The molecule has 0 aromatic heterocycles. The molecule has 0 saturated heterocycles. The molecule has 0 N–H and O–H groups in total. The van der Waals surface area contributed by atoms with Gasteiger partial charge in [0.1, 0.15) is 0 Å². The molecule has 0 unspecified atom stereocenters. The van der Waals surface area contributed by atoms with Crippen LogP contribution in [0.3, 0.4) is 0 Å². The zero-order valence-electron chi connectivity index (χ0n) is 6.52. The van der Waals surface area contributed by atoms with Gasteiger partial charge in [-0.1, -0.05) is 27.7 Å². The number of hydrogen-bond donors (Lipinski definition) is 0. The highest BCUT2D eigenvalue weighted by atomic mass is 14.9. The third kappa shape index (κ3) is 0.538. The van der Waals surface area contributed by atoms with Gasteiger partial charge in [0.25, 0.3) is 0 Å². The molecule has 1 aliphatic rings. The van der Waals surface area contributed by atoms with Crippen LogP contribution < -0.4 is 0 Å². The number of rotatable bonds is 0. The van der Waals surface area contributed by atoms with Crippen LogP contribution in [-0.2, 0) is 0 Å². The molecule has 1 nitrogen and oxygen atoms in total. The maximum Gasteiger partial charge on any atom is 0.235 e. The first-order chi connectivity index (χ1) is 3.94. The summed E-state index contributed by atoms with van der Waals surface area (Å²) in [5.41, 5.74) is 0.517. The minimum Gasteiger partial charge on any atom is -0.312 e. The van der Waals surface area contributed by atoms with Crippen LogP contribution >= 0.6 is 0 Å². The Labute approximate surface area is 56.9 Å². The van der Waals surface area contributed by atoms with Crippen molar-refractivity contribution < 1.29 is 0 Å². The summed E-state index contributed by atoms with van der Waals surface area (Å²) >= 11 is 0. The Morgan fingerprint density at radius 1 is 1.11 bits per heavy atom. The monoisotopic (exact) mass is 123 g/mol. The van der Waals surface area contributed by atoms with Gasteiger partial charge in [-0.05, 0) is 0 Å². The van der Waals surface area contributed by atoms with Crippen LogP contribution in [0.25, 0.3) is 4.85 Å². The van der Waals surface area contributed by atoms with Gasteiger partial charge in [-0.3, -0.25) is 0 Å². The average Bonchev–Trinajstić information content (AvgIpc) is 2.00. The second-order valence-electron chi connectivity index (χ2n) is 3.98. The highest BCUT2D eigenvalue weighted by Crippen LogP contribution is 2.64. The summed E-state index contributed by atoms with van der Waals surface area (Å²) in [6.45, 7) is 15.5. The summed E-state index contributed by atoms with van der Waals surface area (Å²) in [4.78, 5) is 3.56. The molecule has 0 atom stereocenters. The van der Waals surface area contributed by atoms with Crippen molar-refractivity contribution in [3.05, 3.63) is 11.4 Å². The fraction of sp³-hybridized carbons (Fsp3) is 0.875. The second kappa shape index (κ2) is 1.31. The van der Waals surface area contributed by atoms with E-state index < -0.39 is 0 Å². The largest absolute Gasteiger partial charge is 0.312 e. The zero-order chi connectivity index (χ0) is 7.28. The molecule has 0 spiro atoms. The Morgan fingerprint density at radius 2 is 1.44 bits per heavy atom. The predicted octanol–water partition coefficient (Wildman–Crippen LogP) is 2.34. The SMILES string of the molecule is [C-]#[N+]C1C(C)(C)C1(C)C. The lowest BCUT2D eigenvalue weighted by molar-refractivity contribution is 0.457. The van der Waals surface area contributed by atoms with Crippen LogP contribution in [0.4, 0.5) is 0 Å². The van der Waals surface area contributed by atoms with Crippen molar-refractivity contribution in [2.75, 3.05) is 0 Å². The first-order valence-corrected chi connectivity index (χ1v) is 3.31. The van der Waals surface area contributed by atoms with E-state index in [2.05, 4.69) is 32.5 Å².